The molecule has 0 aliphatic rings. The van der Waals surface area contributed by atoms with Gasteiger partial charge in [0.25, 0.3) is 0 Å². The van der Waals surface area contributed by atoms with Crippen LogP contribution in [0.3, 0.4) is 0 Å². The van der Waals surface area contributed by atoms with Gasteiger partial charge in [0.2, 0.25) is 5.91 Å². The topological polar surface area (TPSA) is 117 Å². The van der Waals surface area contributed by atoms with E-state index >= 15 is 0 Å². The van der Waals surface area contributed by atoms with Crippen LogP contribution in [-0.4, -0.2) is 38.1 Å². The first-order valence-corrected chi connectivity index (χ1v) is 13.5. The molecule has 180 valence electrons. The van der Waals surface area contributed by atoms with Gasteiger partial charge in [0.1, 0.15) is 0 Å². The van der Waals surface area contributed by atoms with E-state index in [0.717, 1.165) is 27.5 Å². The van der Waals surface area contributed by atoms with Crippen molar-refractivity contribution in [1.29, 1.82) is 0 Å². The van der Waals surface area contributed by atoms with Gasteiger partial charge in [0.15, 0.2) is 15.0 Å². The Balaban J connectivity index is 1.28. The van der Waals surface area contributed by atoms with E-state index in [4.69, 9.17) is 0 Å². The van der Waals surface area contributed by atoms with E-state index in [1.165, 1.54) is 11.3 Å². The van der Waals surface area contributed by atoms with Crippen molar-refractivity contribution < 1.29 is 18.0 Å². The van der Waals surface area contributed by atoms with Crippen LogP contribution in [0.5, 0.6) is 0 Å². The number of amides is 3. The molecule has 0 saturated carbocycles. The second-order valence-corrected chi connectivity index (χ2v) is 11.0. The summed E-state index contributed by atoms with van der Waals surface area (Å²) in [6.07, 6.45) is 1.28. The molecule has 0 aliphatic carbocycles. The lowest BCUT2D eigenvalue weighted by atomic mass is 10.1. The number of nitrogens with zero attached hydrogens (tertiary/aromatic N) is 1. The van der Waals surface area contributed by atoms with Crippen LogP contribution in [0, 0.1) is 6.92 Å². The van der Waals surface area contributed by atoms with Crippen LogP contribution < -0.4 is 16.0 Å². The van der Waals surface area contributed by atoms with Crippen molar-refractivity contribution in [3.8, 4) is 10.4 Å². The van der Waals surface area contributed by atoms with Crippen molar-refractivity contribution >= 4 is 54.7 Å². The van der Waals surface area contributed by atoms with Gasteiger partial charge in [-0.25, -0.2) is 18.2 Å². The van der Waals surface area contributed by atoms with E-state index in [0.29, 0.717) is 16.5 Å². The minimum atomic E-state index is -3.27. The molecular formula is C25H24N4O4S2. The molecule has 3 aromatic carbocycles. The largest absolute Gasteiger partial charge is 0.337 e. The third-order valence-electron chi connectivity index (χ3n) is 5.23. The molecular weight excluding hydrogens is 484 g/mol. The average molecular weight is 509 g/mol. The normalized spacial score (nSPS) is 11.3. The summed E-state index contributed by atoms with van der Waals surface area (Å²) in [4.78, 5) is 29.9. The molecule has 4 rings (SSSR count). The van der Waals surface area contributed by atoms with Gasteiger partial charge < -0.3 is 10.6 Å². The number of rotatable bonds is 7. The number of carbonyl (C=O) groups excluding carboxylic acids is 2. The van der Waals surface area contributed by atoms with Gasteiger partial charge in [-0.05, 0) is 47.5 Å². The van der Waals surface area contributed by atoms with E-state index in [-0.39, 0.29) is 23.8 Å². The fraction of sp³-hybridized carbons (Fsp3) is 0.160. The highest BCUT2D eigenvalue weighted by Gasteiger charge is 2.14. The zero-order chi connectivity index (χ0) is 25.0. The molecule has 8 nitrogen and oxygen atoms in total. The first kappa shape index (κ1) is 24.4. The summed E-state index contributed by atoms with van der Waals surface area (Å²) in [5.41, 5.74) is 2.23. The zero-order valence-corrected chi connectivity index (χ0v) is 20.8. The van der Waals surface area contributed by atoms with Crippen LogP contribution in [0.1, 0.15) is 12.1 Å². The Kier molecular flexibility index (Phi) is 7.13. The van der Waals surface area contributed by atoms with Gasteiger partial charge in [-0.3, -0.25) is 10.1 Å². The Hall–Kier alpha value is -3.76. The third-order valence-corrected chi connectivity index (χ3v) is 7.48. The van der Waals surface area contributed by atoms with Gasteiger partial charge in [-0.2, -0.15) is 0 Å². The molecule has 0 fully saturated rings. The van der Waals surface area contributed by atoms with Gasteiger partial charge in [0.05, 0.1) is 15.5 Å². The lowest BCUT2D eigenvalue weighted by Gasteiger charge is -2.08. The van der Waals surface area contributed by atoms with Gasteiger partial charge in [0, 0.05) is 24.9 Å². The molecule has 0 aliphatic heterocycles. The van der Waals surface area contributed by atoms with E-state index in [9.17, 15) is 18.0 Å². The van der Waals surface area contributed by atoms with Gasteiger partial charge >= 0.3 is 6.03 Å². The Labute approximate surface area is 207 Å². The average Bonchev–Trinajstić information content (AvgIpc) is 3.18. The first-order chi connectivity index (χ1) is 16.7. The predicted octanol–water partition coefficient (Wildman–Crippen LogP) is 4.83. The number of benzene rings is 3. The van der Waals surface area contributed by atoms with Crippen molar-refractivity contribution in [2.24, 2.45) is 0 Å². The molecule has 3 N–H and O–H groups in total. The number of nitrogens with one attached hydrogen (secondary N) is 3. The van der Waals surface area contributed by atoms with Crippen LogP contribution in [0.4, 0.5) is 15.6 Å². The van der Waals surface area contributed by atoms with E-state index in [2.05, 4.69) is 20.9 Å². The third kappa shape index (κ3) is 6.23. The van der Waals surface area contributed by atoms with Crippen LogP contribution in [0.2, 0.25) is 0 Å². The highest BCUT2D eigenvalue weighted by molar-refractivity contribution is 7.90. The second kappa shape index (κ2) is 10.2. The molecule has 0 spiro atoms. The summed E-state index contributed by atoms with van der Waals surface area (Å²) in [7, 11) is -3.27. The molecule has 1 heterocycles. The molecule has 10 heteroatoms. The van der Waals surface area contributed by atoms with Crippen molar-refractivity contribution in [2.75, 3.05) is 23.4 Å². The molecule has 35 heavy (non-hydrogen) atoms. The molecule has 1 aromatic heterocycles. The second-order valence-electron chi connectivity index (χ2n) is 7.97. The summed E-state index contributed by atoms with van der Waals surface area (Å²) in [6.45, 7) is 1.98. The summed E-state index contributed by atoms with van der Waals surface area (Å²) >= 11 is 1.28. The number of carbonyl (C=O) groups is 2. The minimum absolute atomic E-state index is 0.120. The standard InChI is InChI=1S/C25H24N4O4S2/c1-16-23(18-8-11-21(12-9-18)35(2,32)33)34-25(27-16)29-24(31)26-14-13-22(30)28-20-10-7-17-5-3-4-6-19(17)15-20/h3-12,15H,13-14H2,1-2H3,(H,28,30)(H2,26,27,29,31). The Morgan fingerprint density at radius 1 is 0.943 bits per heavy atom. The fourth-order valence-corrected chi connectivity index (χ4v) is 5.09. The van der Waals surface area contributed by atoms with Crippen molar-refractivity contribution in [1.82, 2.24) is 10.3 Å². The summed E-state index contributed by atoms with van der Waals surface area (Å²) in [6, 6.07) is 19.7. The predicted molar refractivity (Wildman–Crippen MR) is 140 cm³/mol. The molecule has 0 unspecified atom stereocenters. The van der Waals surface area contributed by atoms with E-state index in [1.54, 1.807) is 24.3 Å². The highest BCUT2D eigenvalue weighted by Crippen LogP contribution is 2.33. The summed E-state index contributed by atoms with van der Waals surface area (Å²) in [5.74, 6) is -0.203. The number of anilines is 2. The molecule has 0 radical (unpaired) electrons. The van der Waals surface area contributed by atoms with Crippen molar-refractivity contribution in [3.05, 3.63) is 72.4 Å². The Morgan fingerprint density at radius 2 is 1.66 bits per heavy atom. The van der Waals surface area contributed by atoms with Crippen molar-refractivity contribution in [2.45, 2.75) is 18.2 Å². The molecule has 0 atom stereocenters. The smallest absolute Gasteiger partial charge is 0.321 e. The highest BCUT2D eigenvalue weighted by atomic mass is 32.2. The monoisotopic (exact) mass is 508 g/mol. The fourth-order valence-electron chi connectivity index (χ4n) is 3.49. The molecule has 3 amide bonds. The number of fused-ring (bicyclic) bond motifs is 1. The molecule has 0 saturated heterocycles. The Morgan fingerprint density at radius 3 is 2.37 bits per heavy atom. The first-order valence-electron chi connectivity index (χ1n) is 10.8. The van der Waals surface area contributed by atoms with E-state index < -0.39 is 15.9 Å². The number of sulfone groups is 1. The Bertz CT molecular complexity index is 1500. The number of thiazole rings is 1. The minimum Gasteiger partial charge on any atom is -0.337 e. The van der Waals surface area contributed by atoms with Gasteiger partial charge in [-0.1, -0.05) is 53.8 Å². The maximum atomic E-state index is 12.3. The molecule has 0 bridgehead atoms. The number of hydrogen-bond donors (Lipinski definition) is 3. The summed E-state index contributed by atoms with van der Waals surface area (Å²) in [5, 5.41) is 10.7. The number of hydrogen-bond acceptors (Lipinski definition) is 6. The van der Waals surface area contributed by atoms with Crippen molar-refractivity contribution in [3.63, 3.8) is 0 Å². The van der Waals surface area contributed by atoms with Crippen LogP contribution >= 0.6 is 11.3 Å². The van der Waals surface area contributed by atoms with Crippen LogP contribution in [0.25, 0.3) is 21.2 Å². The quantitative estimate of drug-likeness (QED) is 0.331. The van der Waals surface area contributed by atoms with Gasteiger partial charge in [-0.15, -0.1) is 0 Å². The van der Waals surface area contributed by atoms with Crippen LogP contribution in [0.15, 0.2) is 71.6 Å². The zero-order valence-electron chi connectivity index (χ0n) is 19.2. The number of aryl methyl sites for hydroxylation is 1. The lowest BCUT2D eigenvalue weighted by Crippen LogP contribution is -2.31. The SMILES string of the molecule is Cc1nc(NC(=O)NCCC(=O)Nc2ccc3ccccc3c2)sc1-c1ccc(S(C)(=O)=O)cc1. The maximum Gasteiger partial charge on any atom is 0.321 e. The molecule has 4 aromatic rings. The van der Waals surface area contributed by atoms with Crippen LogP contribution in [-0.2, 0) is 14.6 Å². The maximum absolute atomic E-state index is 12.3. The summed E-state index contributed by atoms with van der Waals surface area (Å²) < 4.78 is 23.3. The number of urea groups is 1. The number of aromatic nitrogens is 1. The lowest BCUT2D eigenvalue weighted by molar-refractivity contribution is -0.116. The van der Waals surface area contributed by atoms with E-state index in [1.807, 2.05) is 49.4 Å².